The van der Waals surface area contributed by atoms with Crippen molar-refractivity contribution in [3.8, 4) is 34.1 Å². The first-order valence-electron chi connectivity index (χ1n) is 7.26. The van der Waals surface area contributed by atoms with Crippen molar-refractivity contribution in [1.29, 1.82) is 0 Å². The maximum Gasteiger partial charge on any atom is 0.293 e. The minimum Gasteiger partial charge on any atom is -0.507 e. The topological polar surface area (TPSA) is 82.0 Å². The molecule has 4 rings (SSSR count). The summed E-state index contributed by atoms with van der Waals surface area (Å²) in [4.78, 5) is 11.0. The number of halogens is 1. The predicted octanol–water partition coefficient (Wildman–Crippen LogP) is 4.36. The van der Waals surface area contributed by atoms with Gasteiger partial charge in [0.1, 0.15) is 5.75 Å². The molecule has 24 heavy (non-hydrogen) atoms. The van der Waals surface area contributed by atoms with Gasteiger partial charge in [-0.2, -0.15) is 4.98 Å². The second-order valence-corrected chi connectivity index (χ2v) is 5.75. The summed E-state index contributed by atoms with van der Waals surface area (Å²) in [5.74, 6) is 0.231. The number of para-hydroxylation sites is 1. The van der Waals surface area contributed by atoms with E-state index in [-0.39, 0.29) is 11.8 Å². The molecule has 0 atom stereocenters. The van der Waals surface area contributed by atoms with Crippen LogP contribution < -0.4 is 0 Å². The molecule has 2 aromatic heterocycles. The highest BCUT2D eigenvalue weighted by atomic mass is 35.5. The largest absolute Gasteiger partial charge is 0.507 e. The molecule has 0 spiro atoms. The van der Waals surface area contributed by atoms with Gasteiger partial charge in [-0.1, -0.05) is 54.1 Å². The highest BCUT2D eigenvalue weighted by molar-refractivity contribution is 6.33. The molecule has 0 fully saturated rings. The molecule has 2 aromatic carbocycles. The van der Waals surface area contributed by atoms with Crippen LogP contribution in [0.5, 0.6) is 11.8 Å². The summed E-state index contributed by atoms with van der Waals surface area (Å²) in [6.07, 6.45) is 0. The van der Waals surface area contributed by atoms with Crippen molar-refractivity contribution >= 4 is 22.8 Å². The summed E-state index contributed by atoms with van der Waals surface area (Å²) in [5.41, 5.74) is 4.04. The Hall–Kier alpha value is -3.05. The molecule has 0 aliphatic heterocycles. The van der Waals surface area contributed by atoms with E-state index in [9.17, 15) is 10.2 Å². The SMILES string of the molecule is Oc1nc2nc(-c3ccc(-c4ccccc4O)cc3)c(Cl)cc2[nH]1. The number of phenolic OH excluding ortho intramolecular Hbond substituents is 1. The summed E-state index contributed by atoms with van der Waals surface area (Å²) < 4.78 is 0. The summed E-state index contributed by atoms with van der Waals surface area (Å²) in [6.45, 7) is 0. The molecule has 5 nitrogen and oxygen atoms in total. The number of aromatic amines is 1. The molecular weight excluding hydrogens is 326 g/mol. The van der Waals surface area contributed by atoms with Gasteiger partial charge in [-0.25, -0.2) is 4.98 Å². The lowest BCUT2D eigenvalue weighted by atomic mass is 10.0. The van der Waals surface area contributed by atoms with Crippen molar-refractivity contribution in [2.75, 3.05) is 0 Å². The van der Waals surface area contributed by atoms with Gasteiger partial charge in [-0.3, -0.25) is 0 Å². The van der Waals surface area contributed by atoms with E-state index in [1.807, 2.05) is 36.4 Å². The third-order valence-corrected chi connectivity index (χ3v) is 4.08. The minimum absolute atomic E-state index is 0.194. The van der Waals surface area contributed by atoms with E-state index in [1.54, 1.807) is 18.2 Å². The van der Waals surface area contributed by atoms with Gasteiger partial charge in [0, 0.05) is 11.1 Å². The number of hydrogen-bond donors (Lipinski definition) is 3. The molecule has 0 unspecified atom stereocenters. The Labute approximate surface area is 142 Å². The average Bonchev–Trinajstić information content (AvgIpc) is 2.94. The zero-order valence-electron chi connectivity index (χ0n) is 12.4. The number of aromatic hydroxyl groups is 2. The Balaban J connectivity index is 1.78. The van der Waals surface area contributed by atoms with Crippen LogP contribution >= 0.6 is 11.6 Å². The molecular formula is C18H12ClN3O2. The molecule has 6 heteroatoms. The van der Waals surface area contributed by atoms with E-state index in [1.165, 1.54) is 0 Å². The van der Waals surface area contributed by atoms with E-state index in [2.05, 4.69) is 15.0 Å². The van der Waals surface area contributed by atoms with Crippen LogP contribution in [0.2, 0.25) is 5.02 Å². The zero-order chi connectivity index (χ0) is 16.7. The molecule has 2 heterocycles. The normalized spacial score (nSPS) is 11.0. The van der Waals surface area contributed by atoms with Gasteiger partial charge < -0.3 is 15.2 Å². The Morgan fingerprint density at radius 3 is 2.33 bits per heavy atom. The fourth-order valence-electron chi connectivity index (χ4n) is 2.63. The van der Waals surface area contributed by atoms with Gasteiger partial charge in [0.25, 0.3) is 6.01 Å². The van der Waals surface area contributed by atoms with Crippen LogP contribution in [0.15, 0.2) is 54.6 Å². The lowest BCUT2D eigenvalue weighted by Gasteiger charge is -2.07. The van der Waals surface area contributed by atoms with Gasteiger partial charge in [-0.05, 0) is 17.7 Å². The first-order chi connectivity index (χ1) is 11.6. The van der Waals surface area contributed by atoms with Crippen molar-refractivity contribution in [2.45, 2.75) is 0 Å². The van der Waals surface area contributed by atoms with Crippen molar-refractivity contribution in [2.24, 2.45) is 0 Å². The van der Waals surface area contributed by atoms with Crippen LogP contribution in [0.1, 0.15) is 0 Å². The Morgan fingerprint density at radius 2 is 1.58 bits per heavy atom. The average molecular weight is 338 g/mol. The molecule has 0 saturated heterocycles. The molecule has 0 aliphatic carbocycles. The quantitative estimate of drug-likeness (QED) is 0.507. The highest BCUT2D eigenvalue weighted by Crippen LogP contribution is 2.33. The number of imidazole rings is 1. The van der Waals surface area contributed by atoms with Crippen LogP contribution in [0.4, 0.5) is 0 Å². The maximum atomic E-state index is 9.95. The first-order valence-corrected chi connectivity index (χ1v) is 7.63. The Morgan fingerprint density at radius 1 is 0.875 bits per heavy atom. The van der Waals surface area contributed by atoms with Crippen LogP contribution in [-0.4, -0.2) is 25.2 Å². The number of nitrogens with zero attached hydrogens (tertiary/aromatic N) is 2. The number of nitrogens with one attached hydrogen (secondary N) is 1. The van der Waals surface area contributed by atoms with Crippen LogP contribution in [0, 0.1) is 0 Å². The lowest BCUT2D eigenvalue weighted by Crippen LogP contribution is -1.87. The number of fused-ring (bicyclic) bond motifs is 1. The molecule has 0 radical (unpaired) electrons. The molecule has 4 aromatic rings. The lowest BCUT2D eigenvalue weighted by molar-refractivity contribution is 0.438. The third-order valence-electron chi connectivity index (χ3n) is 3.79. The van der Waals surface area contributed by atoms with E-state index in [0.717, 1.165) is 16.7 Å². The molecule has 0 aliphatic rings. The second-order valence-electron chi connectivity index (χ2n) is 5.34. The van der Waals surface area contributed by atoms with Crippen molar-refractivity contribution in [3.05, 3.63) is 59.6 Å². The van der Waals surface area contributed by atoms with Gasteiger partial charge >= 0.3 is 0 Å². The standard InChI is InChI=1S/C18H12ClN3O2/c19-13-9-14-17(22-18(24)20-14)21-16(13)11-7-5-10(6-8-11)12-3-1-2-4-15(12)23/h1-9,23H,(H2,20,21,22,24). The van der Waals surface area contributed by atoms with Crippen molar-refractivity contribution < 1.29 is 10.2 Å². The number of hydrogen-bond acceptors (Lipinski definition) is 4. The van der Waals surface area contributed by atoms with Crippen molar-refractivity contribution in [3.63, 3.8) is 0 Å². The molecule has 118 valence electrons. The van der Waals surface area contributed by atoms with Gasteiger partial charge in [-0.15, -0.1) is 0 Å². The number of benzene rings is 2. The summed E-state index contributed by atoms with van der Waals surface area (Å²) in [6, 6.07) is 16.2. The number of H-pyrrole nitrogens is 1. The van der Waals surface area contributed by atoms with Gasteiger partial charge in [0.05, 0.1) is 16.2 Å². The first kappa shape index (κ1) is 14.5. The number of aromatic nitrogens is 3. The number of pyridine rings is 1. The molecule has 0 saturated carbocycles. The van der Waals surface area contributed by atoms with Crippen LogP contribution in [0.25, 0.3) is 33.5 Å². The van der Waals surface area contributed by atoms with E-state index >= 15 is 0 Å². The van der Waals surface area contributed by atoms with Crippen LogP contribution in [-0.2, 0) is 0 Å². The third kappa shape index (κ3) is 2.45. The number of phenols is 1. The summed E-state index contributed by atoms with van der Waals surface area (Å²) >= 11 is 6.30. The Bertz CT molecular complexity index is 1040. The van der Waals surface area contributed by atoms with Crippen molar-refractivity contribution in [1.82, 2.24) is 15.0 Å². The fraction of sp³-hybridized carbons (Fsp3) is 0. The minimum atomic E-state index is -0.194. The van der Waals surface area contributed by atoms with E-state index in [4.69, 9.17) is 11.6 Å². The van der Waals surface area contributed by atoms with E-state index in [0.29, 0.717) is 21.9 Å². The predicted molar refractivity (Wildman–Crippen MR) is 93.1 cm³/mol. The highest BCUT2D eigenvalue weighted by Gasteiger charge is 2.11. The maximum absolute atomic E-state index is 9.95. The van der Waals surface area contributed by atoms with Crippen LogP contribution in [0.3, 0.4) is 0 Å². The summed E-state index contributed by atoms with van der Waals surface area (Å²) in [7, 11) is 0. The summed E-state index contributed by atoms with van der Waals surface area (Å²) in [5, 5.41) is 19.8. The molecule has 0 amide bonds. The zero-order valence-corrected chi connectivity index (χ0v) is 13.1. The fourth-order valence-corrected chi connectivity index (χ4v) is 2.89. The number of rotatable bonds is 2. The second kappa shape index (κ2) is 5.54. The van der Waals surface area contributed by atoms with E-state index < -0.39 is 0 Å². The van der Waals surface area contributed by atoms with Gasteiger partial charge in [0.2, 0.25) is 0 Å². The monoisotopic (exact) mass is 337 g/mol. The molecule has 0 bridgehead atoms. The molecule has 3 N–H and O–H groups in total. The smallest absolute Gasteiger partial charge is 0.293 e. The van der Waals surface area contributed by atoms with Gasteiger partial charge in [0.15, 0.2) is 5.65 Å². The Kier molecular flexibility index (Phi) is 3.36.